The van der Waals surface area contributed by atoms with Gasteiger partial charge in [0.15, 0.2) is 0 Å². The topological polar surface area (TPSA) is 29.3 Å². The van der Waals surface area contributed by atoms with Gasteiger partial charge in [-0.2, -0.15) is 0 Å². The highest BCUT2D eigenvalue weighted by Gasteiger charge is 2.17. The number of aryl methyl sites for hydroxylation is 1. The summed E-state index contributed by atoms with van der Waals surface area (Å²) in [6.45, 7) is 10.5. The number of nitrogens with one attached hydrogen (secondary N) is 1. The fourth-order valence-electron chi connectivity index (χ4n) is 4.38. The van der Waals surface area contributed by atoms with E-state index in [9.17, 15) is 0 Å². The molecule has 1 heterocycles. The maximum absolute atomic E-state index is 4.78. The van der Waals surface area contributed by atoms with Crippen LogP contribution >= 0.6 is 0 Å². The predicted octanol–water partition coefficient (Wildman–Crippen LogP) is 6.91. The highest BCUT2D eigenvalue weighted by atomic mass is 15.0. The van der Waals surface area contributed by atoms with Crippen LogP contribution in [0.2, 0.25) is 0 Å². The second kappa shape index (κ2) is 8.74. The van der Waals surface area contributed by atoms with Crippen molar-refractivity contribution in [3.05, 3.63) is 77.5 Å². The Morgan fingerprint density at radius 3 is 2.53 bits per heavy atom. The first-order valence-corrected chi connectivity index (χ1v) is 10.9. The molecule has 0 fully saturated rings. The number of nitrogens with zero attached hydrogens (tertiary/aromatic N) is 2. The average molecular weight is 398 g/mol. The van der Waals surface area contributed by atoms with E-state index < -0.39 is 0 Å². The molecule has 0 unspecified atom stereocenters. The summed E-state index contributed by atoms with van der Waals surface area (Å²) in [6, 6.07) is 21.9. The van der Waals surface area contributed by atoms with Gasteiger partial charge in [0.2, 0.25) is 0 Å². The molecule has 0 amide bonds. The molecule has 3 aromatic carbocycles. The third-order valence-corrected chi connectivity index (χ3v) is 6.12. The Hall–Kier alpha value is -3.07. The molecule has 0 aliphatic carbocycles. The van der Waals surface area contributed by atoms with Crippen LogP contribution in [0.15, 0.2) is 65.7 Å². The van der Waals surface area contributed by atoms with Crippen molar-refractivity contribution in [2.75, 3.05) is 18.4 Å². The first-order valence-electron chi connectivity index (χ1n) is 10.9. The monoisotopic (exact) mass is 397 g/mol. The smallest absolute Gasteiger partial charge is 0.0562 e. The van der Waals surface area contributed by atoms with Crippen molar-refractivity contribution >= 4 is 33.6 Å². The second-order valence-corrected chi connectivity index (χ2v) is 8.09. The summed E-state index contributed by atoms with van der Waals surface area (Å²) in [5, 5.41) is 7.37. The Bertz CT molecular complexity index is 1190. The molecule has 1 N–H and O–H groups in total. The summed E-state index contributed by atoms with van der Waals surface area (Å²) in [4.78, 5) is 4.78. The molecule has 0 aliphatic heterocycles. The van der Waals surface area contributed by atoms with Crippen LogP contribution in [0.3, 0.4) is 0 Å². The van der Waals surface area contributed by atoms with Crippen LogP contribution in [0.1, 0.15) is 43.1 Å². The Labute approximate surface area is 179 Å². The van der Waals surface area contributed by atoms with Crippen LogP contribution in [0.25, 0.3) is 21.7 Å². The first-order chi connectivity index (χ1) is 14.6. The number of benzene rings is 3. The molecule has 1 atom stereocenters. The van der Waals surface area contributed by atoms with Gasteiger partial charge in [0.05, 0.1) is 12.1 Å². The average Bonchev–Trinajstić information content (AvgIpc) is 3.06. The normalized spacial score (nSPS) is 12.8. The van der Waals surface area contributed by atoms with Gasteiger partial charge in [0.25, 0.3) is 0 Å². The van der Waals surface area contributed by atoms with Gasteiger partial charge < -0.3 is 9.88 Å². The van der Waals surface area contributed by atoms with Crippen LogP contribution in [-0.2, 0) is 0 Å². The maximum Gasteiger partial charge on any atom is 0.0562 e. The molecule has 3 nitrogen and oxygen atoms in total. The number of aromatic nitrogens is 1. The lowest BCUT2D eigenvalue weighted by Gasteiger charge is -2.16. The van der Waals surface area contributed by atoms with Gasteiger partial charge >= 0.3 is 0 Å². The minimum atomic E-state index is 0.476. The Balaban J connectivity index is 1.53. The standard InChI is InChI=1S/C27H31N3/c1-5-20(3)30-21(4)25(24-14-8-10-19(2)27(24)30)18-28-16-17-29-26-15-9-12-22-11-6-7-13-23(22)26/h6-15,18,20,29H,5,16-17H2,1-4H3/t20-/m1/s1. The minimum Gasteiger partial charge on any atom is -0.383 e. The van der Waals surface area contributed by atoms with E-state index in [-0.39, 0.29) is 0 Å². The molecule has 4 rings (SSSR count). The van der Waals surface area contributed by atoms with Crippen LogP contribution in [0.4, 0.5) is 5.69 Å². The molecule has 0 aliphatic rings. The third kappa shape index (κ3) is 3.72. The van der Waals surface area contributed by atoms with Gasteiger partial charge in [-0.25, -0.2) is 0 Å². The Morgan fingerprint density at radius 1 is 0.967 bits per heavy atom. The molecule has 0 spiro atoms. The highest BCUT2D eigenvalue weighted by molar-refractivity contribution is 6.02. The van der Waals surface area contributed by atoms with Crippen molar-refractivity contribution < 1.29 is 0 Å². The van der Waals surface area contributed by atoms with E-state index in [4.69, 9.17) is 4.99 Å². The first kappa shape index (κ1) is 20.2. The third-order valence-electron chi connectivity index (χ3n) is 6.12. The molecule has 0 bridgehead atoms. The molecule has 4 aromatic rings. The molecule has 0 saturated carbocycles. The van der Waals surface area contributed by atoms with Gasteiger partial charge in [-0.15, -0.1) is 0 Å². The zero-order valence-electron chi connectivity index (χ0n) is 18.4. The lowest BCUT2D eigenvalue weighted by Crippen LogP contribution is -2.07. The summed E-state index contributed by atoms with van der Waals surface area (Å²) >= 11 is 0. The van der Waals surface area contributed by atoms with E-state index in [1.54, 1.807) is 0 Å². The van der Waals surface area contributed by atoms with E-state index >= 15 is 0 Å². The molecular formula is C27H31N3. The second-order valence-electron chi connectivity index (χ2n) is 8.09. The molecule has 30 heavy (non-hydrogen) atoms. The predicted molar refractivity (Wildman–Crippen MR) is 131 cm³/mol. The number of para-hydroxylation sites is 1. The van der Waals surface area contributed by atoms with E-state index in [2.05, 4.69) is 104 Å². The highest BCUT2D eigenvalue weighted by Crippen LogP contribution is 2.31. The number of hydrogen-bond donors (Lipinski definition) is 1. The van der Waals surface area contributed by atoms with Gasteiger partial charge in [0, 0.05) is 46.5 Å². The zero-order chi connectivity index (χ0) is 21.1. The van der Waals surface area contributed by atoms with Crippen LogP contribution in [0, 0.1) is 13.8 Å². The van der Waals surface area contributed by atoms with Crippen molar-refractivity contribution in [1.29, 1.82) is 0 Å². The zero-order valence-corrected chi connectivity index (χ0v) is 18.4. The van der Waals surface area contributed by atoms with Gasteiger partial charge in [-0.05, 0) is 44.2 Å². The Morgan fingerprint density at radius 2 is 1.70 bits per heavy atom. The molecule has 0 radical (unpaired) electrons. The van der Waals surface area contributed by atoms with Crippen molar-refractivity contribution in [2.24, 2.45) is 4.99 Å². The summed E-state index contributed by atoms with van der Waals surface area (Å²) < 4.78 is 2.49. The summed E-state index contributed by atoms with van der Waals surface area (Å²) in [7, 11) is 0. The van der Waals surface area contributed by atoms with E-state index in [0.29, 0.717) is 6.04 Å². The van der Waals surface area contributed by atoms with Gasteiger partial charge in [-0.1, -0.05) is 61.5 Å². The summed E-state index contributed by atoms with van der Waals surface area (Å²) in [6.07, 6.45) is 3.19. The van der Waals surface area contributed by atoms with Crippen molar-refractivity contribution in [3.63, 3.8) is 0 Å². The quantitative estimate of drug-likeness (QED) is 0.266. The van der Waals surface area contributed by atoms with Crippen LogP contribution in [0.5, 0.6) is 0 Å². The van der Waals surface area contributed by atoms with E-state index in [1.165, 1.54) is 44.2 Å². The fourth-order valence-corrected chi connectivity index (χ4v) is 4.38. The fraction of sp³-hybridized carbons (Fsp3) is 0.296. The minimum absolute atomic E-state index is 0.476. The summed E-state index contributed by atoms with van der Waals surface area (Å²) in [5.41, 5.74) is 6.40. The molecule has 0 saturated heterocycles. The number of hydrogen-bond acceptors (Lipinski definition) is 2. The number of anilines is 1. The summed E-state index contributed by atoms with van der Waals surface area (Å²) in [5.74, 6) is 0. The SMILES string of the molecule is CC[C@@H](C)n1c(C)c(C=NCCNc2cccc3ccccc23)c2cccc(C)c21. The van der Waals surface area contributed by atoms with Crippen LogP contribution in [-0.4, -0.2) is 23.9 Å². The molecular weight excluding hydrogens is 366 g/mol. The van der Waals surface area contributed by atoms with Gasteiger partial charge in [-0.3, -0.25) is 4.99 Å². The number of fused-ring (bicyclic) bond motifs is 2. The lowest BCUT2D eigenvalue weighted by molar-refractivity contribution is 0.536. The molecule has 154 valence electrons. The van der Waals surface area contributed by atoms with E-state index in [0.717, 1.165) is 19.5 Å². The molecule has 1 aromatic heterocycles. The number of aliphatic imine (C=N–C) groups is 1. The van der Waals surface area contributed by atoms with Crippen molar-refractivity contribution in [2.45, 2.75) is 40.2 Å². The largest absolute Gasteiger partial charge is 0.383 e. The molecule has 3 heteroatoms. The van der Waals surface area contributed by atoms with Crippen LogP contribution < -0.4 is 5.32 Å². The van der Waals surface area contributed by atoms with Gasteiger partial charge in [0.1, 0.15) is 0 Å². The van der Waals surface area contributed by atoms with E-state index in [1.807, 2.05) is 0 Å². The Kier molecular flexibility index (Phi) is 5.89. The maximum atomic E-state index is 4.78. The van der Waals surface area contributed by atoms with Crippen molar-refractivity contribution in [3.8, 4) is 0 Å². The number of rotatable bonds is 7. The lowest BCUT2D eigenvalue weighted by atomic mass is 10.1. The van der Waals surface area contributed by atoms with Crippen molar-refractivity contribution in [1.82, 2.24) is 4.57 Å².